The zero-order valence-electron chi connectivity index (χ0n) is 12.6. The van der Waals surface area contributed by atoms with Crippen LogP contribution < -0.4 is 5.43 Å². The van der Waals surface area contributed by atoms with E-state index in [4.69, 9.17) is 0 Å². The van der Waals surface area contributed by atoms with Crippen LogP contribution in [-0.2, 0) is 11.3 Å². The van der Waals surface area contributed by atoms with E-state index in [0.29, 0.717) is 24.4 Å². The van der Waals surface area contributed by atoms with Gasteiger partial charge >= 0.3 is 5.82 Å². The van der Waals surface area contributed by atoms with Crippen LogP contribution in [-0.4, -0.2) is 26.3 Å². The monoisotopic (exact) mass is 295 g/mol. The summed E-state index contributed by atoms with van der Waals surface area (Å²) in [5, 5.41) is 18.5. The molecule has 8 nitrogen and oxygen atoms in total. The number of nitrogens with one attached hydrogen (secondary N) is 1. The third kappa shape index (κ3) is 5.72. The van der Waals surface area contributed by atoms with Gasteiger partial charge in [0.15, 0.2) is 0 Å². The third-order valence-corrected chi connectivity index (χ3v) is 2.91. The highest BCUT2D eigenvalue weighted by Crippen LogP contribution is 2.10. The lowest BCUT2D eigenvalue weighted by molar-refractivity contribution is -0.389. The summed E-state index contributed by atoms with van der Waals surface area (Å²) in [5.74, 6) is -0.310. The van der Waals surface area contributed by atoms with Gasteiger partial charge in [-0.3, -0.25) is 4.79 Å². The summed E-state index contributed by atoms with van der Waals surface area (Å²) in [6, 6.07) is 1.40. The number of hydrazone groups is 1. The number of nitrogens with zero attached hydrogens (tertiary/aromatic N) is 4. The number of unbranched alkanes of at least 4 members (excludes halogenated alkanes) is 2. The zero-order chi connectivity index (χ0) is 15.8. The number of aryl methyl sites for hydroxylation is 1. The predicted molar refractivity (Wildman–Crippen MR) is 79.0 cm³/mol. The second-order valence-corrected chi connectivity index (χ2v) is 4.90. The van der Waals surface area contributed by atoms with Crippen molar-refractivity contribution in [3.8, 4) is 0 Å². The topological polar surface area (TPSA) is 102 Å². The van der Waals surface area contributed by atoms with Gasteiger partial charge in [0, 0.05) is 6.42 Å². The maximum Gasteiger partial charge on any atom is 0.390 e. The van der Waals surface area contributed by atoms with Crippen LogP contribution in [0.2, 0.25) is 0 Å². The molecule has 1 amide bonds. The van der Waals surface area contributed by atoms with Gasteiger partial charge in [-0.15, -0.1) is 0 Å². The van der Waals surface area contributed by atoms with Gasteiger partial charge in [-0.05, 0) is 25.2 Å². The molecule has 0 aliphatic heterocycles. The van der Waals surface area contributed by atoms with Crippen molar-refractivity contribution >= 4 is 17.4 Å². The maximum absolute atomic E-state index is 11.5. The van der Waals surface area contributed by atoms with Gasteiger partial charge in [-0.2, -0.15) is 9.78 Å². The first kappa shape index (κ1) is 16.8. The number of amides is 1. The second-order valence-electron chi connectivity index (χ2n) is 4.90. The fourth-order valence-corrected chi connectivity index (χ4v) is 1.74. The molecule has 21 heavy (non-hydrogen) atoms. The molecule has 1 aromatic rings. The summed E-state index contributed by atoms with van der Waals surface area (Å²) in [5.41, 5.74) is 3.78. The molecule has 0 saturated carbocycles. The Morgan fingerprint density at radius 2 is 2.24 bits per heavy atom. The molecule has 0 aromatic carbocycles. The SMILES string of the molecule is CCCCCC(=O)N/N=C(\C)Cn1nc([N+](=O)[O-])cc1C. The molecule has 0 aliphatic rings. The number of hydrogen-bond donors (Lipinski definition) is 1. The van der Waals surface area contributed by atoms with Crippen molar-refractivity contribution in [3.05, 3.63) is 21.9 Å². The van der Waals surface area contributed by atoms with E-state index in [1.165, 1.54) is 10.7 Å². The minimum Gasteiger partial charge on any atom is -0.358 e. The van der Waals surface area contributed by atoms with Crippen LogP contribution in [0.4, 0.5) is 5.82 Å². The summed E-state index contributed by atoms with van der Waals surface area (Å²) in [7, 11) is 0. The molecular weight excluding hydrogens is 274 g/mol. The Bertz CT molecular complexity index is 536. The van der Waals surface area contributed by atoms with Crippen LogP contribution in [0, 0.1) is 17.0 Å². The van der Waals surface area contributed by atoms with Crippen molar-refractivity contribution in [3.63, 3.8) is 0 Å². The van der Waals surface area contributed by atoms with E-state index in [0.717, 1.165) is 19.3 Å². The van der Waals surface area contributed by atoms with E-state index in [-0.39, 0.29) is 11.7 Å². The fraction of sp³-hybridized carbons (Fsp3) is 0.615. The average molecular weight is 295 g/mol. The Balaban J connectivity index is 2.52. The van der Waals surface area contributed by atoms with Crippen LogP contribution in [0.5, 0.6) is 0 Å². The highest BCUT2D eigenvalue weighted by molar-refractivity contribution is 5.84. The van der Waals surface area contributed by atoms with E-state index >= 15 is 0 Å². The van der Waals surface area contributed by atoms with Crippen molar-refractivity contribution in [2.24, 2.45) is 5.10 Å². The summed E-state index contributed by atoms with van der Waals surface area (Å²) < 4.78 is 1.49. The summed E-state index contributed by atoms with van der Waals surface area (Å²) >= 11 is 0. The number of aromatic nitrogens is 2. The van der Waals surface area contributed by atoms with Crippen molar-refractivity contribution in [1.82, 2.24) is 15.2 Å². The lowest BCUT2D eigenvalue weighted by atomic mass is 10.2. The van der Waals surface area contributed by atoms with Crippen molar-refractivity contribution in [2.75, 3.05) is 0 Å². The van der Waals surface area contributed by atoms with Gasteiger partial charge in [0.25, 0.3) is 0 Å². The number of carbonyl (C=O) groups is 1. The molecule has 8 heteroatoms. The van der Waals surface area contributed by atoms with Crippen LogP contribution in [0.3, 0.4) is 0 Å². The molecular formula is C13H21N5O3. The lowest BCUT2D eigenvalue weighted by Crippen LogP contribution is -2.20. The van der Waals surface area contributed by atoms with Crippen LogP contribution in [0.15, 0.2) is 11.2 Å². The van der Waals surface area contributed by atoms with Gasteiger partial charge < -0.3 is 10.1 Å². The van der Waals surface area contributed by atoms with Gasteiger partial charge in [-0.1, -0.05) is 19.8 Å². The molecule has 1 aromatic heterocycles. The Morgan fingerprint density at radius 1 is 1.52 bits per heavy atom. The highest BCUT2D eigenvalue weighted by Gasteiger charge is 2.15. The Kier molecular flexibility index (Phi) is 6.51. The lowest BCUT2D eigenvalue weighted by Gasteiger charge is -2.02. The van der Waals surface area contributed by atoms with E-state index < -0.39 is 4.92 Å². The Hall–Kier alpha value is -2.25. The van der Waals surface area contributed by atoms with Gasteiger partial charge in [0.05, 0.1) is 22.6 Å². The normalized spacial score (nSPS) is 11.5. The van der Waals surface area contributed by atoms with Gasteiger partial charge in [0.2, 0.25) is 5.91 Å². The molecule has 0 spiro atoms. The molecule has 0 bridgehead atoms. The smallest absolute Gasteiger partial charge is 0.358 e. The minimum absolute atomic E-state index is 0.119. The molecule has 116 valence electrons. The molecule has 0 fully saturated rings. The Morgan fingerprint density at radius 3 is 2.81 bits per heavy atom. The fourth-order valence-electron chi connectivity index (χ4n) is 1.74. The first-order valence-corrected chi connectivity index (χ1v) is 6.95. The highest BCUT2D eigenvalue weighted by atomic mass is 16.6. The molecule has 1 N–H and O–H groups in total. The van der Waals surface area contributed by atoms with E-state index in [1.54, 1.807) is 13.8 Å². The molecule has 1 heterocycles. The largest absolute Gasteiger partial charge is 0.390 e. The maximum atomic E-state index is 11.5. The van der Waals surface area contributed by atoms with E-state index in [2.05, 4.69) is 22.5 Å². The first-order chi connectivity index (χ1) is 9.93. The molecule has 0 aliphatic carbocycles. The molecule has 1 rings (SSSR count). The van der Waals surface area contributed by atoms with Gasteiger partial charge in [0.1, 0.15) is 6.54 Å². The van der Waals surface area contributed by atoms with Crippen molar-refractivity contribution < 1.29 is 9.72 Å². The number of carbonyl (C=O) groups excluding carboxylic acids is 1. The van der Waals surface area contributed by atoms with E-state index in [1.807, 2.05) is 0 Å². The molecule has 0 unspecified atom stereocenters. The predicted octanol–water partition coefficient (Wildman–Crippen LogP) is 2.17. The summed E-state index contributed by atoms with van der Waals surface area (Å²) in [6.07, 6.45) is 3.39. The average Bonchev–Trinajstić information content (AvgIpc) is 2.78. The van der Waals surface area contributed by atoms with Gasteiger partial charge in [-0.25, -0.2) is 5.43 Å². The Labute approximate surface area is 123 Å². The first-order valence-electron chi connectivity index (χ1n) is 6.95. The number of nitro groups is 1. The second kappa shape index (κ2) is 8.13. The minimum atomic E-state index is -0.536. The standard InChI is InChI=1S/C13H21N5O3/c1-4-5-6-7-13(19)15-14-10(2)9-17-11(3)8-12(16-17)18(20)21/h8H,4-7,9H2,1-3H3,(H,15,19)/b14-10+. The van der Waals surface area contributed by atoms with Crippen LogP contribution in [0.1, 0.15) is 45.2 Å². The van der Waals surface area contributed by atoms with Crippen LogP contribution >= 0.6 is 0 Å². The molecule has 0 atom stereocenters. The van der Waals surface area contributed by atoms with Crippen molar-refractivity contribution in [1.29, 1.82) is 0 Å². The third-order valence-electron chi connectivity index (χ3n) is 2.91. The van der Waals surface area contributed by atoms with Crippen LogP contribution in [0.25, 0.3) is 0 Å². The number of hydrogen-bond acceptors (Lipinski definition) is 5. The zero-order valence-corrected chi connectivity index (χ0v) is 12.6. The molecule has 0 radical (unpaired) electrons. The van der Waals surface area contributed by atoms with Crippen molar-refractivity contribution in [2.45, 2.75) is 53.0 Å². The summed E-state index contributed by atoms with van der Waals surface area (Å²) in [6.45, 7) is 5.84. The molecule has 0 saturated heterocycles. The quantitative estimate of drug-likeness (QED) is 0.343. The number of rotatable bonds is 8. The summed E-state index contributed by atoms with van der Waals surface area (Å²) in [4.78, 5) is 21.6. The van der Waals surface area contributed by atoms with E-state index in [9.17, 15) is 14.9 Å².